The Hall–Kier alpha value is -2.87. The molecule has 1 aliphatic carbocycles. The van der Waals surface area contributed by atoms with E-state index in [-0.39, 0.29) is 29.9 Å². The van der Waals surface area contributed by atoms with E-state index < -0.39 is 17.4 Å². The van der Waals surface area contributed by atoms with Crippen molar-refractivity contribution in [1.29, 1.82) is 0 Å². The van der Waals surface area contributed by atoms with Gasteiger partial charge in [-0.25, -0.2) is 4.79 Å². The van der Waals surface area contributed by atoms with Crippen molar-refractivity contribution in [2.45, 2.75) is 64.1 Å². The van der Waals surface area contributed by atoms with Crippen molar-refractivity contribution in [3.05, 3.63) is 46.2 Å². The van der Waals surface area contributed by atoms with E-state index in [2.05, 4.69) is 10.4 Å². The van der Waals surface area contributed by atoms with Crippen LogP contribution in [-0.4, -0.2) is 46.3 Å². The summed E-state index contributed by atoms with van der Waals surface area (Å²) in [6.07, 6.45) is 5.16. The first-order valence-corrected chi connectivity index (χ1v) is 11.2. The number of aryl methyl sites for hydroxylation is 1. The number of ether oxygens (including phenoxy) is 1. The minimum atomic E-state index is -1.26. The Labute approximate surface area is 191 Å². The van der Waals surface area contributed by atoms with Crippen LogP contribution < -0.4 is 10.2 Å². The molecule has 2 aliphatic rings. The summed E-state index contributed by atoms with van der Waals surface area (Å²) in [6, 6.07) is 6.76. The van der Waals surface area contributed by atoms with E-state index in [0.717, 1.165) is 31.2 Å². The van der Waals surface area contributed by atoms with Crippen LogP contribution in [0.1, 0.15) is 65.6 Å². The van der Waals surface area contributed by atoms with Gasteiger partial charge in [-0.15, -0.1) is 0 Å². The highest BCUT2D eigenvalue weighted by Gasteiger charge is 2.49. The standard InChI is InChI=1S/C23H27ClN4O4/c1-14-9-10-16(11-17(14)24)28-20(29)19-12-18(21(30)32-3)26-27(19)13-23(28,2)22(31)25-15-7-5-4-6-8-15/h9-12,15H,4-8,13H2,1-3H3,(H,25,31)/t23-/m0/s1. The summed E-state index contributed by atoms with van der Waals surface area (Å²) in [5, 5.41) is 7.89. The molecular formula is C23H27ClN4O4. The Morgan fingerprint density at radius 1 is 1.22 bits per heavy atom. The number of hydrogen-bond acceptors (Lipinski definition) is 5. The predicted octanol–water partition coefficient (Wildman–Crippen LogP) is 3.50. The third-order valence-corrected chi connectivity index (χ3v) is 6.80. The lowest BCUT2D eigenvalue weighted by Crippen LogP contribution is -2.65. The third kappa shape index (κ3) is 3.88. The van der Waals surface area contributed by atoms with Crippen molar-refractivity contribution in [1.82, 2.24) is 15.1 Å². The van der Waals surface area contributed by atoms with E-state index in [4.69, 9.17) is 16.3 Å². The van der Waals surface area contributed by atoms with E-state index in [1.165, 1.54) is 29.2 Å². The van der Waals surface area contributed by atoms with Crippen LogP contribution in [0.4, 0.5) is 5.69 Å². The van der Waals surface area contributed by atoms with E-state index >= 15 is 0 Å². The van der Waals surface area contributed by atoms with E-state index in [0.29, 0.717) is 10.7 Å². The fourth-order valence-corrected chi connectivity index (χ4v) is 4.67. The second-order valence-electron chi connectivity index (χ2n) is 8.72. The summed E-state index contributed by atoms with van der Waals surface area (Å²) in [6.45, 7) is 3.69. The Balaban J connectivity index is 1.77. The SMILES string of the molecule is COC(=O)c1cc2n(n1)C[C@@](C)(C(=O)NC1CCCCC1)N(c1ccc(C)c(Cl)c1)C2=O. The average molecular weight is 459 g/mol. The highest BCUT2D eigenvalue weighted by molar-refractivity contribution is 6.31. The number of amides is 2. The number of nitrogens with one attached hydrogen (secondary N) is 1. The molecule has 8 nitrogen and oxygen atoms in total. The molecule has 0 unspecified atom stereocenters. The number of anilines is 1. The van der Waals surface area contributed by atoms with Crippen LogP contribution in [0, 0.1) is 6.92 Å². The Bertz CT molecular complexity index is 1080. The van der Waals surface area contributed by atoms with Crippen LogP contribution >= 0.6 is 11.6 Å². The molecule has 1 aromatic heterocycles. The van der Waals surface area contributed by atoms with E-state index in [1.54, 1.807) is 19.1 Å². The maximum absolute atomic E-state index is 13.6. The van der Waals surface area contributed by atoms with Crippen molar-refractivity contribution < 1.29 is 19.1 Å². The lowest BCUT2D eigenvalue weighted by atomic mass is 9.91. The third-order valence-electron chi connectivity index (χ3n) is 6.39. The summed E-state index contributed by atoms with van der Waals surface area (Å²) >= 11 is 6.36. The smallest absolute Gasteiger partial charge is 0.358 e. The molecule has 1 aliphatic heterocycles. The number of halogens is 1. The van der Waals surface area contributed by atoms with Gasteiger partial charge in [-0.3, -0.25) is 19.2 Å². The first-order chi connectivity index (χ1) is 15.2. The van der Waals surface area contributed by atoms with Gasteiger partial charge < -0.3 is 10.1 Å². The van der Waals surface area contributed by atoms with Crippen LogP contribution in [0.2, 0.25) is 5.02 Å². The first kappa shape index (κ1) is 22.3. The number of aromatic nitrogens is 2. The molecule has 170 valence electrons. The molecule has 1 fully saturated rings. The minimum Gasteiger partial charge on any atom is -0.464 e. The van der Waals surface area contributed by atoms with Crippen LogP contribution in [0.5, 0.6) is 0 Å². The van der Waals surface area contributed by atoms with Crippen molar-refractivity contribution in [2.24, 2.45) is 0 Å². The second kappa shape index (κ2) is 8.58. The monoisotopic (exact) mass is 458 g/mol. The molecule has 32 heavy (non-hydrogen) atoms. The zero-order chi connectivity index (χ0) is 23.0. The van der Waals surface area contributed by atoms with Crippen LogP contribution in [0.3, 0.4) is 0 Å². The summed E-state index contributed by atoms with van der Waals surface area (Å²) in [4.78, 5) is 40.7. The molecular weight excluding hydrogens is 432 g/mol. The summed E-state index contributed by atoms with van der Waals surface area (Å²) < 4.78 is 6.17. The van der Waals surface area contributed by atoms with Gasteiger partial charge in [0.05, 0.1) is 13.7 Å². The molecule has 4 rings (SSSR count). The highest BCUT2D eigenvalue weighted by Crippen LogP contribution is 2.35. The maximum Gasteiger partial charge on any atom is 0.358 e. The number of fused-ring (bicyclic) bond motifs is 1. The van der Waals surface area contributed by atoms with Gasteiger partial charge in [0, 0.05) is 22.8 Å². The highest BCUT2D eigenvalue weighted by atomic mass is 35.5. The predicted molar refractivity (Wildman–Crippen MR) is 120 cm³/mol. The Kier molecular flexibility index (Phi) is 5.99. The lowest BCUT2D eigenvalue weighted by molar-refractivity contribution is -0.127. The number of carbonyl (C=O) groups excluding carboxylic acids is 3. The number of nitrogens with zero attached hydrogens (tertiary/aromatic N) is 3. The molecule has 0 spiro atoms. The lowest BCUT2D eigenvalue weighted by Gasteiger charge is -2.44. The quantitative estimate of drug-likeness (QED) is 0.708. The van der Waals surface area contributed by atoms with Crippen LogP contribution in [0.25, 0.3) is 0 Å². The minimum absolute atomic E-state index is 0.0228. The largest absolute Gasteiger partial charge is 0.464 e. The zero-order valence-corrected chi connectivity index (χ0v) is 19.2. The first-order valence-electron chi connectivity index (χ1n) is 10.8. The number of hydrogen-bond donors (Lipinski definition) is 1. The van der Waals surface area contributed by atoms with Crippen molar-refractivity contribution in [2.75, 3.05) is 12.0 Å². The van der Waals surface area contributed by atoms with Gasteiger partial charge in [0.1, 0.15) is 11.2 Å². The molecule has 9 heteroatoms. The topological polar surface area (TPSA) is 93.5 Å². The van der Waals surface area contributed by atoms with Gasteiger partial charge in [-0.1, -0.05) is 36.9 Å². The van der Waals surface area contributed by atoms with Gasteiger partial charge in [-0.2, -0.15) is 5.10 Å². The molecule has 0 saturated heterocycles. The Morgan fingerprint density at radius 2 is 1.94 bits per heavy atom. The van der Waals surface area contributed by atoms with Crippen molar-refractivity contribution in [3.63, 3.8) is 0 Å². The molecule has 0 radical (unpaired) electrons. The normalized spacial score (nSPS) is 21.2. The second-order valence-corrected chi connectivity index (χ2v) is 9.13. The van der Waals surface area contributed by atoms with Gasteiger partial charge >= 0.3 is 5.97 Å². The van der Waals surface area contributed by atoms with E-state index in [1.807, 2.05) is 13.0 Å². The Morgan fingerprint density at radius 3 is 2.59 bits per heavy atom. The van der Waals surface area contributed by atoms with Gasteiger partial charge in [0.25, 0.3) is 5.91 Å². The summed E-state index contributed by atoms with van der Waals surface area (Å²) in [5.74, 6) is -1.33. The van der Waals surface area contributed by atoms with Gasteiger partial charge in [-0.05, 0) is 44.4 Å². The maximum atomic E-state index is 13.6. The average Bonchev–Trinajstić information content (AvgIpc) is 3.20. The fraction of sp³-hybridized carbons (Fsp3) is 0.478. The van der Waals surface area contributed by atoms with Crippen LogP contribution in [-0.2, 0) is 16.1 Å². The summed E-state index contributed by atoms with van der Waals surface area (Å²) in [5.41, 5.74) is 0.351. The van der Waals surface area contributed by atoms with Gasteiger partial charge in [0.15, 0.2) is 5.69 Å². The number of esters is 1. The molecule has 0 bridgehead atoms. The molecule has 2 amide bonds. The van der Waals surface area contributed by atoms with Crippen molar-refractivity contribution >= 4 is 35.1 Å². The number of methoxy groups -OCH3 is 1. The number of carbonyl (C=O) groups is 3. The van der Waals surface area contributed by atoms with E-state index in [9.17, 15) is 14.4 Å². The molecule has 1 aromatic carbocycles. The molecule has 1 N–H and O–H groups in total. The van der Waals surface area contributed by atoms with Crippen LogP contribution in [0.15, 0.2) is 24.3 Å². The molecule has 1 atom stereocenters. The molecule has 1 saturated carbocycles. The molecule has 2 heterocycles. The van der Waals surface area contributed by atoms with Crippen molar-refractivity contribution in [3.8, 4) is 0 Å². The molecule has 2 aromatic rings. The summed E-state index contributed by atoms with van der Waals surface area (Å²) in [7, 11) is 1.25. The fourth-order valence-electron chi connectivity index (χ4n) is 4.50. The zero-order valence-electron chi connectivity index (χ0n) is 18.5. The number of rotatable bonds is 4. The van der Waals surface area contributed by atoms with Gasteiger partial charge in [0.2, 0.25) is 5.91 Å². The number of benzene rings is 1.